The highest BCUT2D eigenvalue weighted by atomic mass is 32.2. The summed E-state index contributed by atoms with van der Waals surface area (Å²) in [5.74, 6) is -1.29. The van der Waals surface area contributed by atoms with Crippen LogP contribution in [0.3, 0.4) is 0 Å². The average Bonchev–Trinajstić information content (AvgIpc) is 2.74. The lowest BCUT2D eigenvalue weighted by atomic mass is 10.1. The van der Waals surface area contributed by atoms with Gasteiger partial charge in [-0.25, -0.2) is 0 Å². The first kappa shape index (κ1) is 16.9. The molecule has 1 N–H and O–H groups in total. The molecule has 1 fully saturated rings. The number of amides is 2. The van der Waals surface area contributed by atoms with Crippen LogP contribution in [0.2, 0.25) is 0 Å². The monoisotopic (exact) mass is 336 g/mol. The molecule has 0 spiro atoms. The Labute approximate surface area is 137 Å². The van der Waals surface area contributed by atoms with Crippen molar-refractivity contribution in [3.05, 3.63) is 28.7 Å². The summed E-state index contributed by atoms with van der Waals surface area (Å²) in [7, 11) is 5.31. The molecule has 0 aliphatic carbocycles. The third-order valence-electron chi connectivity index (χ3n) is 3.19. The summed E-state index contributed by atoms with van der Waals surface area (Å²) >= 11 is 0.718. The highest BCUT2D eigenvalue weighted by Crippen LogP contribution is 2.34. The van der Waals surface area contributed by atoms with E-state index in [9.17, 15) is 14.4 Å². The molecule has 8 heteroatoms. The molecule has 0 unspecified atom stereocenters. The maximum Gasteiger partial charge on any atom is 0.323 e. The number of aliphatic carboxylic acids is 1. The van der Waals surface area contributed by atoms with Crippen molar-refractivity contribution in [3.63, 3.8) is 0 Å². The van der Waals surface area contributed by atoms with Crippen molar-refractivity contribution in [1.82, 2.24) is 4.90 Å². The van der Waals surface area contributed by atoms with E-state index < -0.39 is 23.7 Å². The van der Waals surface area contributed by atoms with E-state index in [1.807, 2.05) is 31.1 Å². The number of thioether (sulfide) groups is 1. The normalized spacial score (nSPS) is 16.1. The second kappa shape index (κ2) is 6.74. The predicted octanol–water partition coefficient (Wildman–Crippen LogP) is 1.88. The molecular formula is C15H16N2O5S. The van der Waals surface area contributed by atoms with Crippen LogP contribution in [-0.2, 0) is 9.59 Å². The lowest BCUT2D eigenvalue weighted by Crippen LogP contribution is -2.33. The maximum atomic E-state index is 12.1. The number of carbonyl (C=O) groups excluding carboxylic acids is 2. The standard InChI is InChI=1S/C15H16N2O5S/c1-16(2)10-5-4-9(11(7-10)22-3)6-12-14(20)17(8-13(18)19)15(21)23-12/h4-7H,8H2,1-3H3,(H,18,19)/b12-6-. The van der Waals surface area contributed by atoms with Crippen LogP contribution in [0.25, 0.3) is 6.08 Å². The average molecular weight is 336 g/mol. The molecular weight excluding hydrogens is 320 g/mol. The third-order valence-corrected chi connectivity index (χ3v) is 4.09. The van der Waals surface area contributed by atoms with Crippen molar-refractivity contribution in [1.29, 1.82) is 0 Å². The molecule has 0 saturated carbocycles. The molecule has 2 amide bonds. The number of rotatable bonds is 5. The highest BCUT2D eigenvalue weighted by Gasteiger charge is 2.36. The Balaban J connectivity index is 2.33. The maximum absolute atomic E-state index is 12.1. The Morgan fingerprint density at radius 1 is 1.39 bits per heavy atom. The van der Waals surface area contributed by atoms with Gasteiger partial charge in [0.15, 0.2) is 0 Å². The van der Waals surface area contributed by atoms with Crippen LogP contribution in [0.15, 0.2) is 23.1 Å². The van der Waals surface area contributed by atoms with Crippen molar-refractivity contribution in [3.8, 4) is 5.75 Å². The zero-order valence-electron chi connectivity index (χ0n) is 12.9. The molecule has 0 aromatic heterocycles. The van der Waals surface area contributed by atoms with E-state index in [2.05, 4.69) is 0 Å². The highest BCUT2D eigenvalue weighted by molar-refractivity contribution is 8.18. The van der Waals surface area contributed by atoms with Gasteiger partial charge in [0.1, 0.15) is 12.3 Å². The first-order valence-electron chi connectivity index (χ1n) is 6.66. The van der Waals surface area contributed by atoms with Crippen molar-refractivity contribution in [2.45, 2.75) is 0 Å². The second-order valence-electron chi connectivity index (χ2n) is 4.98. The summed E-state index contributed by atoms with van der Waals surface area (Å²) in [6, 6.07) is 5.45. The third kappa shape index (κ3) is 3.65. The fourth-order valence-corrected chi connectivity index (χ4v) is 2.84. The van der Waals surface area contributed by atoms with Gasteiger partial charge in [-0.1, -0.05) is 0 Å². The fourth-order valence-electron chi connectivity index (χ4n) is 2.01. The quantitative estimate of drug-likeness (QED) is 0.821. The van der Waals surface area contributed by atoms with Crippen molar-refractivity contribution >= 4 is 40.6 Å². The summed E-state index contributed by atoms with van der Waals surface area (Å²) in [6.45, 7) is -0.640. The first-order chi connectivity index (χ1) is 10.8. The fraction of sp³-hybridized carbons (Fsp3) is 0.267. The molecule has 0 bridgehead atoms. The Kier molecular flexibility index (Phi) is 4.95. The molecule has 1 saturated heterocycles. The van der Waals surface area contributed by atoms with Crippen molar-refractivity contribution < 1.29 is 24.2 Å². The molecule has 1 aliphatic heterocycles. The Hall–Kier alpha value is -2.48. The number of ether oxygens (including phenoxy) is 1. The topological polar surface area (TPSA) is 87.2 Å². The van der Waals surface area contributed by atoms with Crippen LogP contribution < -0.4 is 9.64 Å². The van der Waals surface area contributed by atoms with Gasteiger partial charge in [-0.15, -0.1) is 0 Å². The molecule has 23 heavy (non-hydrogen) atoms. The van der Waals surface area contributed by atoms with Gasteiger partial charge in [0.25, 0.3) is 11.1 Å². The molecule has 1 heterocycles. The van der Waals surface area contributed by atoms with E-state index in [1.54, 1.807) is 6.07 Å². The Bertz CT molecular complexity index is 699. The Morgan fingerprint density at radius 3 is 2.65 bits per heavy atom. The summed E-state index contributed by atoms with van der Waals surface area (Å²) in [5, 5.41) is 8.16. The minimum Gasteiger partial charge on any atom is -0.496 e. The van der Waals surface area contributed by atoms with Crippen molar-refractivity contribution in [2.75, 3.05) is 32.6 Å². The van der Waals surface area contributed by atoms with Gasteiger partial charge in [-0.05, 0) is 30.0 Å². The van der Waals surface area contributed by atoms with E-state index in [0.717, 1.165) is 17.4 Å². The minimum atomic E-state index is -1.23. The number of benzene rings is 1. The Morgan fingerprint density at radius 2 is 2.09 bits per heavy atom. The molecule has 1 aliphatic rings. The van der Waals surface area contributed by atoms with Crippen LogP contribution in [-0.4, -0.2) is 54.9 Å². The van der Waals surface area contributed by atoms with Gasteiger partial charge in [0.05, 0.1) is 12.0 Å². The first-order valence-corrected chi connectivity index (χ1v) is 7.47. The molecule has 122 valence electrons. The number of carbonyl (C=O) groups is 3. The number of anilines is 1. The van der Waals surface area contributed by atoms with E-state index in [0.29, 0.717) is 16.2 Å². The van der Waals surface area contributed by atoms with E-state index in [-0.39, 0.29) is 4.91 Å². The van der Waals surface area contributed by atoms with Crippen molar-refractivity contribution in [2.24, 2.45) is 0 Å². The van der Waals surface area contributed by atoms with Gasteiger partial charge < -0.3 is 14.7 Å². The number of methoxy groups -OCH3 is 1. The van der Waals surface area contributed by atoms with E-state index >= 15 is 0 Å². The van der Waals surface area contributed by atoms with Crippen LogP contribution >= 0.6 is 11.8 Å². The summed E-state index contributed by atoms with van der Waals surface area (Å²) < 4.78 is 5.32. The van der Waals surface area contributed by atoms with Crippen LogP contribution in [0.1, 0.15) is 5.56 Å². The SMILES string of the molecule is COc1cc(N(C)C)ccc1/C=C1\SC(=O)N(CC(=O)O)C1=O. The predicted molar refractivity (Wildman–Crippen MR) is 87.6 cm³/mol. The van der Waals surface area contributed by atoms with E-state index in [1.165, 1.54) is 13.2 Å². The number of carboxylic acid groups (broad SMARTS) is 1. The number of imide groups is 1. The zero-order valence-corrected chi connectivity index (χ0v) is 13.7. The van der Waals surface area contributed by atoms with Gasteiger partial charge in [0, 0.05) is 31.4 Å². The molecule has 1 aromatic rings. The molecule has 2 rings (SSSR count). The summed E-state index contributed by atoms with van der Waals surface area (Å²) in [6.07, 6.45) is 1.53. The van der Waals surface area contributed by atoms with Crippen LogP contribution in [0.5, 0.6) is 5.75 Å². The largest absolute Gasteiger partial charge is 0.496 e. The number of hydrogen-bond donors (Lipinski definition) is 1. The summed E-state index contributed by atoms with van der Waals surface area (Å²) in [4.78, 5) is 37.4. The van der Waals surface area contributed by atoms with Gasteiger partial charge in [-0.2, -0.15) is 0 Å². The second-order valence-corrected chi connectivity index (χ2v) is 5.98. The lowest BCUT2D eigenvalue weighted by molar-refractivity contribution is -0.140. The molecule has 1 aromatic carbocycles. The molecule has 7 nitrogen and oxygen atoms in total. The van der Waals surface area contributed by atoms with Crippen LogP contribution in [0, 0.1) is 0 Å². The van der Waals surface area contributed by atoms with Gasteiger partial charge in [-0.3, -0.25) is 19.3 Å². The smallest absolute Gasteiger partial charge is 0.323 e. The number of carboxylic acids is 1. The van der Waals surface area contributed by atoms with Crippen LogP contribution in [0.4, 0.5) is 10.5 Å². The summed E-state index contributed by atoms with van der Waals surface area (Å²) in [5.41, 5.74) is 1.57. The lowest BCUT2D eigenvalue weighted by Gasteiger charge is -2.15. The molecule has 0 radical (unpaired) electrons. The number of hydrogen-bond acceptors (Lipinski definition) is 6. The zero-order chi connectivity index (χ0) is 17.1. The minimum absolute atomic E-state index is 0.173. The van der Waals surface area contributed by atoms with E-state index in [4.69, 9.17) is 9.84 Å². The number of nitrogens with zero attached hydrogens (tertiary/aromatic N) is 2. The van der Waals surface area contributed by atoms with Gasteiger partial charge >= 0.3 is 5.97 Å². The van der Waals surface area contributed by atoms with Gasteiger partial charge in [0.2, 0.25) is 0 Å². The molecule has 0 atom stereocenters.